The summed E-state index contributed by atoms with van der Waals surface area (Å²) in [5.41, 5.74) is 7.90. The summed E-state index contributed by atoms with van der Waals surface area (Å²) < 4.78 is 0. The van der Waals surface area contributed by atoms with Crippen LogP contribution in [0.5, 0.6) is 0 Å². The molecule has 6 nitrogen and oxygen atoms in total. The average molecular weight is 433 g/mol. The number of amides is 2. The van der Waals surface area contributed by atoms with Gasteiger partial charge in [0.15, 0.2) is 0 Å². The third-order valence-electron chi connectivity index (χ3n) is 5.46. The topological polar surface area (TPSA) is 64.7 Å². The lowest BCUT2D eigenvalue weighted by molar-refractivity contribution is -0.134. The molecule has 2 unspecified atom stereocenters. The first kappa shape index (κ1) is 20.2. The summed E-state index contributed by atoms with van der Waals surface area (Å²) in [6, 6.07) is 14.4. The Labute approximate surface area is 179 Å². The van der Waals surface area contributed by atoms with Gasteiger partial charge in [0.2, 0.25) is 5.91 Å². The van der Waals surface area contributed by atoms with Gasteiger partial charge in [-0.2, -0.15) is 0 Å². The fourth-order valence-electron chi connectivity index (χ4n) is 3.79. The van der Waals surface area contributed by atoms with Crippen molar-refractivity contribution in [3.8, 4) is 0 Å². The van der Waals surface area contributed by atoms with Crippen LogP contribution in [0.1, 0.15) is 28.4 Å². The zero-order chi connectivity index (χ0) is 20.4. The van der Waals surface area contributed by atoms with E-state index in [1.807, 2.05) is 29.2 Å². The van der Waals surface area contributed by atoms with Gasteiger partial charge in [0.1, 0.15) is 6.04 Å². The molecule has 8 heteroatoms. The molecule has 0 radical (unpaired) electrons. The van der Waals surface area contributed by atoms with E-state index in [0.717, 1.165) is 5.56 Å². The van der Waals surface area contributed by atoms with Crippen molar-refractivity contribution in [2.45, 2.75) is 18.5 Å². The lowest BCUT2D eigenvalue weighted by Gasteiger charge is -2.36. The van der Waals surface area contributed by atoms with Gasteiger partial charge in [-0.25, -0.2) is 10.9 Å². The number of benzene rings is 2. The van der Waals surface area contributed by atoms with E-state index in [-0.39, 0.29) is 23.9 Å². The number of rotatable bonds is 3. The molecule has 29 heavy (non-hydrogen) atoms. The maximum absolute atomic E-state index is 12.9. The summed E-state index contributed by atoms with van der Waals surface area (Å²) in [5, 5.41) is 1.14. The molecular weight excluding hydrogens is 411 g/mol. The van der Waals surface area contributed by atoms with E-state index in [2.05, 4.69) is 10.9 Å². The number of nitrogens with zero attached hydrogens (tertiary/aromatic N) is 2. The Morgan fingerprint density at radius 2 is 1.52 bits per heavy atom. The first-order valence-electron chi connectivity index (χ1n) is 9.62. The number of hydrogen-bond acceptors (Lipinski definition) is 4. The molecule has 2 heterocycles. The molecule has 2 saturated heterocycles. The number of nitrogens with one attached hydrogen (secondary N) is 2. The van der Waals surface area contributed by atoms with Gasteiger partial charge in [-0.3, -0.25) is 9.59 Å². The molecule has 2 amide bonds. The predicted molar refractivity (Wildman–Crippen MR) is 113 cm³/mol. The van der Waals surface area contributed by atoms with Crippen LogP contribution in [0, 0.1) is 0 Å². The summed E-state index contributed by atoms with van der Waals surface area (Å²) in [5.74, 6) is -0.0371. The molecule has 2 aromatic rings. The monoisotopic (exact) mass is 432 g/mol. The molecule has 2 aliphatic heterocycles. The van der Waals surface area contributed by atoms with Crippen LogP contribution in [0.3, 0.4) is 0 Å². The Bertz CT molecular complexity index is 898. The number of piperazine rings is 1. The predicted octanol–water partition coefficient (Wildman–Crippen LogP) is 2.89. The van der Waals surface area contributed by atoms with Gasteiger partial charge in [-0.1, -0.05) is 47.5 Å². The highest BCUT2D eigenvalue weighted by Gasteiger charge is 2.34. The third-order valence-corrected chi connectivity index (χ3v) is 6.04. The lowest BCUT2D eigenvalue weighted by atomic mass is 10.0. The van der Waals surface area contributed by atoms with Crippen LogP contribution < -0.4 is 10.9 Å². The molecule has 2 aliphatic rings. The van der Waals surface area contributed by atoms with Crippen LogP contribution in [0.4, 0.5) is 0 Å². The van der Waals surface area contributed by atoms with Crippen molar-refractivity contribution in [1.82, 2.24) is 20.7 Å². The van der Waals surface area contributed by atoms with E-state index < -0.39 is 0 Å². The fourth-order valence-corrected chi connectivity index (χ4v) is 4.13. The molecule has 0 bridgehead atoms. The maximum Gasteiger partial charge on any atom is 0.255 e. The molecular formula is C21H22Cl2N4O2. The van der Waals surface area contributed by atoms with Gasteiger partial charge in [0.05, 0.1) is 10.6 Å². The normalized spacial score (nSPS) is 22.0. The highest BCUT2D eigenvalue weighted by Crippen LogP contribution is 2.25. The second-order valence-corrected chi connectivity index (χ2v) is 8.12. The molecule has 2 aromatic carbocycles. The molecule has 0 saturated carbocycles. The first-order valence-corrected chi connectivity index (χ1v) is 10.4. The number of halogens is 2. The van der Waals surface area contributed by atoms with Gasteiger partial charge >= 0.3 is 0 Å². The highest BCUT2D eigenvalue weighted by molar-refractivity contribution is 6.33. The van der Waals surface area contributed by atoms with Crippen molar-refractivity contribution in [1.29, 1.82) is 0 Å². The standard InChI is InChI=1S/C21H22Cl2N4O2/c22-15-7-5-14(6-8-15)18-13-19(25-24-18)21(29)27-11-9-26(10-12-27)20(28)16-3-1-2-4-17(16)23/h1-8,18-19,24-25H,9-13H2. The van der Waals surface area contributed by atoms with Crippen LogP contribution in [-0.2, 0) is 4.79 Å². The number of carbonyl (C=O) groups excluding carboxylic acids is 2. The van der Waals surface area contributed by atoms with Crippen LogP contribution >= 0.6 is 23.2 Å². The molecule has 0 spiro atoms. The third kappa shape index (κ3) is 4.41. The van der Waals surface area contributed by atoms with Gasteiger partial charge in [-0.05, 0) is 36.2 Å². The van der Waals surface area contributed by atoms with E-state index in [1.165, 1.54) is 0 Å². The minimum atomic E-state index is -0.290. The van der Waals surface area contributed by atoms with Crippen molar-refractivity contribution < 1.29 is 9.59 Å². The summed E-state index contributed by atoms with van der Waals surface area (Å²) in [4.78, 5) is 29.2. The van der Waals surface area contributed by atoms with Crippen LogP contribution in [0.25, 0.3) is 0 Å². The van der Waals surface area contributed by atoms with Crippen molar-refractivity contribution in [3.63, 3.8) is 0 Å². The van der Waals surface area contributed by atoms with E-state index in [9.17, 15) is 9.59 Å². The minimum absolute atomic E-state index is 0.0545. The number of hydrogen-bond donors (Lipinski definition) is 2. The molecule has 0 aromatic heterocycles. The Kier molecular flexibility index (Phi) is 6.06. The number of carbonyl (C=O) groups is 2. The quantitative estimate of drug-likeness (QED) is 0.782. The average Bonchev–Trinajstić information content (AvgIpc) is 3.24. The lowest BCUT2D eigenvalue weighted by Crippen LogP contribution is -2.54. The van der Waals surface area contributed by atoms with Gasteiger partial charge in [-0.15, -0.1) is 0 Å². The molecule has 4 rings (SSSR count). The summed E-state index contributed by atoms with van der Waals surface area (Å²) in [6.45, 7) is 2.02. The molecule has 2 N–H and O–H groups in total. The second kappa shape index (κ2) is 8.71. The Balaban J connectivity index is 1.32. The van der Waals surface area contributed by atoms with E-state index in [0.29, 0.717) is 48.2 Å². The zero-order valence-electron chi connectivity index (χ0n) is 15.8. The Morgan fingerprint density at radius 1 is 0.862 bits per heavy atom. The minimum Gasteiger partial charge on any atom is -0.338 e. The molecule has 2 fully saturated rings. The van der Waals surface area contributed by atoms with Gasteiger partial charge < -0.3 is 9.80 Å². The van der Waals surface area contributed by atoms with Crippen LogP contribution in [0.2, 0.25) is 10.0 Å². The molecule has 2 atom stereocenters. The second-order valence-electron chi connectivity index (χ2n) is 7.28. The summed E-state index contributed by atoms with van der Waals surface area (Å²) in [6.07, 6.45) is 0.666. The summed E-state index contributed by atoms with van der Waals surface area (Å²) >= 11 is 12.1. The highest BCUT2D eigenvalue weighted by atomic mass is 35.5. The largest absolute Gasteiger partial charge is 0.338 e. The fraction of sp³-hybridized carbons (Fsp3) is 0.333. The van der Waals surface area contributed by atoms with E-state index >= 15 is 0 Å². The van der Waals surface area contributed by atoms with Crippen molar-refractivity contribution in [2.24, 2.45) is 0 Å². The maximum atomic E-state index is 12.9. The Morgan fingerprint density at radius 3 is 2.21 bits per heavy atom. The smallest absolute Gasteiger partial charge is 0.255 e. The zero-order valence-corrected chi connectivity index (χ0v) is 17.3. The van der Waals surface area contributed by atoms with Gasteiger partial charge in [0.25, 0.3) is 5.91 Å². The summed E-state index contributed by atoms with van der Waals surface area (Å²) in [7, 11) is 0. The van der Waals surface area contributed by atoms with E-state index in [1.54, 1.807) is 29.2 Å². The molecule has 0 aliphatic carbocycles. The van der Waals surface area contributed by atoms with Crippen molar-refractivity contribution in [3.05, 3.63) is 69.7 Å². The van der Waals surface area contributed by atoms with Gasteiger partial charge in [0, 0.05) is 37.2 Å². The molecule has 152 valence electrons. The van der Waals surface area contributed by atoms with Crippen LogP contribution in [0.15, 0.2) is 48.5 Å². The first-order chi connectivity index (χ1) is 14.0. The SMILES string of the molecule is O=C(c1ccccc1Cl)N1CCN(C(=O)C2CC(c3ccc(Cl)cc3)NN2)CC1. The van der Waals surface area contributed by atoms with Crippen molar-refractivity contribution in [2.75, 3.05) is 26.2 Å². The van der Waals surface area contributed by atoms with E-state index in [4.69, 9.17) is 23.2 Å². The van der Waals surface area contributed by atoms with Crippen LogP contribution in [-0.4, -0.2) is 53.8 Å². The van der Waals surface area contributed by atoms with Crippen molar-refractivity contribution >= 4 is 35.0 Å². The Hall–Kier alpha value is -2.12. The number of hydrazine groups is 1.